The average molecular weight is 355 g/mol. The molecule has 1 aromatic rings. The second-order valence-corrected chi connectivity index (χ2v) is 8.99. The van der Waals surface area contributed by atoms with E-state index in [1.165, 1.54) is 38.5 Å². The number of hydrogen-bond donors (Lipinski definition) is 2. The van der Waals surface area contributed by atoms with Gasteiger partial charge in [-0.15, -0.1) is 0 Å². The fourth-order valence-corrected chi connectivity index (χ4v) is 6.23. The molecule has 4 aliphatic rings. The van der Waals surface area contributed by atoms with Crippen LogP contribution in [0.1, 0.15) is 54.4 Å². The molecule has 5 rings (SSSR count). The van der Waals surface area contributed by atoms with Crippen LogP contribution in [0.3, 0.4) is 0 Å². The number of carbonyl (C=O) groups excluding carboxylic acids is 2. The zero-order valence-corrected chi connectivity index (χ0v) is 15.5. The number of benzene rings is 1. The standard InChI is InChI=1S/C21H29N3O2/c1-24(13-21-9-15-6-16(10-21)8-17(7-15)11-21)19(25)18-4-2-14(3-5-18)12-23-20(22)26/h2-5,15-17H,6-13H2,1H3,(H3,22,23,26). The van der Waals surface area contributed by atoms with Crippen molar-refractivity contribution >= 4 is 11.9 Å². The van der Waals surface area contributed by atoms with E-state index in [0.29, 0.717) is 17.5 Å². The first-order valence-electron chi connectivity index (χ1n) is 9.80. The summed E-state index contributed by atoms with van der Waals surface area (Å²) in [6.45, 7) is 1.27. The highest BCUT2D eigenvalue weighted by Gasteiger charge is 2.51. The third-order valence-corrected chi connectivity index (χ3v) is 6.75. The van der Waals surface area contributed by atoms with Crippen LogP contribution in [0.5, 0.6) is 0 Å². The highest BCUT2D eigenvalue weighted by Crippen LogP contribution is 2.60. The molecule has 0 spiro atoms. The summed E-state index contributed by atoms with van der Waals surface area (Å²) < 4.78 is 0. The maximum absolute atomic E-state index is 12.9. The molecule has 0 aliphatic heterocycles. The summed E-state index contributed by atoms with van der Waals surface area (Å²) in [7, 11) is 1.95. The van der Waals surface area contributed by atoms with E-state index in [9.17, 15) is 9.59 Å². The summed E-state index contributed by atoms with van der Waals surface area (Å²) in [5.41, 5.74) is 7.10. The molecule has 0 atom stereocenters. The molecule has 4 aliphatic carbocycles. The average Bonchev–Trinajstić information content (AvgIpc) is 2.58. The molecule has 4 fully saturated rings. The number of rotatable bonds is 5. The van der Waals surface area contributed by atoms with Gasteiger partial charge >= 0.3 is 6.03 Å². The summed E-state index contributed by atoms with van der Waals surface area (Å²) >= 11 is 0. The van der Waals surface area contributed by atoms with Crippen molar-refractivity contribution in [1.29, 1.82) is 0 Å². The van der Waals surface area contributed by atoms with Crippen molar-refractivity contribution in [3.05, 3.63) is 35.4 Å². The van der Waals surface area contributed by atoms with Gasteiger partial charge in [0.2, 0.25) is 0 Å². The van der Waals surface area contributed by atoms with Gasteiger partial charge in [-0.3, -0.25) is 4.79 Å². The number of primary amides is 1. The molecule has 3 amide bonds. The van der Waals surface area contributed by atoms with Crippen LogP contribution in [0.4, 0.5) is 4.79 Å². The molecule has 140 valence electrons. The quantitative estimate of drug-likeness (QED) is 0.851. The summed E-state index contributed by atoms with van der Waals surface area (Å²) in [5, 5.41) is 2.56. The molecule has 4 bridgehead atoms. The second-order valence-electron chi connectivity index (χ2n) is 8.99. The normalized spacial score (nSPS) is 31.7. The van der Waals surface area contributed by atoms with Crippen molar-refractivity contribution in [2.45, 2.75) is 45.1 Å². The van der Waals surface area contributed by atoms with Crippen molar-refractivity contribution in [3.63, 3.8) is 0 Å². The van der Waals surface area contributed by atoms with Crippen molar-refractivity contribution in [2.75, 3.05) is 13.6 Å². The van der Waals surface area contributed by atoms with Crippen LogP contribution in [0.15, 0.2) is 24.3 Å². The minimum atomic E-state index is -0.541. The van der Waals surface area contributed by atoms with E-state index >= 15 is 0 Å². The lowest BCUT2D eigenvalue weighted by Crippen LogP contribution is -2.51. The largest absolute Gasteiger partial charge is 0.352 e. The number of nitrogens with two attached hydrogens (primary N) is 1. The minimum absolute atomic E-state index is 0.0927. The highest BCUT2D eigenvalue weighted by molar-refractivity contribution is 5.94. The Morgan fingerprint density at radius 2 is 1.62 bits per heavy atom. The Bertz CT molecular complexity index is 662. The van der Waals surface area contributed by atoms with E-state index in [2.05, 4.69) is 5.32 Å². The summed E-state index contributed by atoms with van der Waals surface area (Å²) in [6, 6.07) is 6.90. The molecular formula is C21H29N3O2. The van der Waals surface area contributed by atoms with Gasteiger partial charge in [0, 0.05) is 25.7 Å². The van der Waals surface area contributed by atoms with E-state index < -0.39 is 6.03 Å². The molecule has 0 radical (unpaired) electrons. The fourth-order valence-electron chi connectivity index (χ4n) is 6.23. The van der Waals surface area contributed by atoms with Crippen molar-refractivity contribution in [3.8, 4) is 0 Å². The first-order valence-corrected chi connectivity index (χ1v) is 9.80. The van der Waals surface area contributed by atoms with Gasteiger partial charge < -0.3 is 16.0 Å². The molecule has 3 N–H and O–H groups in total. The van der Waals surface area contributed by atoms with Crippen molar-refractivity contribution < 1.29 is 9.59 Å². The second kappa shape index (κ2) is 6.60. The summed E-state index contributed by atoms with van der Waals surface area (Å²) in [4.78, 5) is 25.6. The monoisotopic (exact) mass is 355 g/mol. The van der Waals surface area contributed by atoms with E-state index in [4.69, 9.17) is 5.73 Å². The Morgan fingerprint density at radius 3 is 2.12 bits per heavy atom. The predicted molar refractivity (Wildman–Crippen MR) is 100 cm³/mol. The highest BCUT2D eigenvalue weighted by atomic mass is 16.2. The van der Waals surface area contributed by atoms with Crippen LogP contribution in [0.2, 0.25) is 0 Å². The number of carbonyl (C=O) groups is 2. The summed E-state index contributed by atoms with van der Waals surface area (Å²) in [5.74, 6) is 2.81. The Morgan fingerprint density at radius 1 is 1.08 bits per heavy atom. The lowest BCUT2D eigenvalue weighted by Gasteiger charge is -2.57. The molecule has 4 saturated carbocycles. The Kier molecular flexibility index (Phi) is 4.41. The lowest BCUT2D eigenvalue weighted by molar-refractivity contribution is -0.0629. The Balaban J connectivity index is 1.39. The SMILES string of the molecule is CN(CC12CC3CC(CC(C3)C1)C2)C(=O)c1ccc(CNC(N)=O)cc1. The molecule has 1 aromatic carbocycles. The molecular weight excluding hydrogens is 326 g/mol. The van der Waals surface area contributed by atoms with Gasteiger partial charge in [-0.05, 0) is 79.4 Å². The van der Waals surface area contributed by atoms with Gasteiger partial charge in [0.15, 0.2) is 0 Å². The number of hydrogen-bond acceptors (Lipinski definition) is 2. The van der Waals surface area contributed by atoms with E-state index in [-0.39, 0.29) is 5.91 Å². The fraction of sp³-hybridized carbons (Fsp3) is 0.619. The molecule has 0 aromatic heterocycles. The van der Waals surface area contributed by atoms with Gasteiger partial charge in [-0.25, -0.2) is 4.79 Å². The summed E-state index contributed by atoms with van der Waals surface area (Å²) in [6.07, 6.45) is 8.23. The molecule has 0 heterocycles. The zero-order chi connectivity index (χ0) is 18.3. The first kappa shape index (κ1) is 17.4. The predicted octanol–water partition coefficient (Wildman–Crippen LogP) is 3.14. The molecule has 0 unspecified atom stereocenters. The minimum Gasteiger partial charge on any atom is -0.352 e. The molecule has 5 nitrogen and oxygen atoms in total. The number of urea groups is 1. The van der Waals surface area contributed by atoms with Crippen LogP contribution in [0, 0.1) is 23.2 Å². The number of amides is 3. The number of nitrogens with zero attached hydrogens (tertiary/aromatic N) is 1. The molecule has 0 saturated heterocycles. The van der Waals surface area contributed by atoms with Gasteiger partial charge in [0.1, 0.15) is 0 Å². The smallest absolute Gasteiger partial charge is 0.312 e. The van der Waals surface area contributed by atoms with Crippen LogP contribution < -0.4 is 11.1 Å². The van der Waals surface area contributed by atoms with Gasteiger partial charge in [-0.1, -0.05) is 12.1 Å². The maximum atomic E-state index is 12.9. The van der Waals surface area contributed by atoms with E-state index in [0.717, 1.165) is 29.9 Å². The van der Waals surface area contributed by atoms with Crippen LogP contribution >= 0.6 is 0 Å². The van der Waals surface area contributed by atoms with E-state index in [1.54, 1.807) is 0 Å². The number of nitrogens with one attached hydrogen (secondary N) is 1. The zero-order valence-electron chi connectivity index (χ0n) is 15.5. The third kappa shape index (κ3) is 3.44. The first-order chi connectivity index (χ1) is 12.4. The van der Waals surface area contributed by atoms with Gasteiger partial charge in [-0.2, -0.15) is 0 Å². The van der Waals surface area contributed by atoms with Crippen LogP contribution in [-0.2, 0) is 6.54 Å². The van der Waals surface area contributed by atoms with Crippen LogP contribution in [-0.4, -0.2) is 30.4 Å². The van der Waals surface area contributed by atoms with E-state index in [1.807, 2.05) is 36.2 Å². The lowest BCUT2D eigenvalue weighted by atomic mass is 9.49. The van der Waals surface area contributed by atoms with Crippen molar-refractivity contribution in [1.82, 2.24) is 10.2 Å². The topological polar surface area (TPSA) is 75.4 Å². The van der Waals surface area contributed by atoms with Gasteiger partial charge in [0.25, 0.3) is 5.91 Å². The van der Waals surface area contributed by atoms with Gasteiger partial charge in [0.05, 0.1) is 0 Å². The molecule has 26 heavy (non-hydrogen) atoms. The maximum Gasteiger partial charge on any atom is 0.312 e. The third-order valence-electron chi connectivity index (χ3n) is 6.75. The Hall–Kier alpha value is -2.04. The Labute approximate surface area is 155 Å². The van der Waals surface area contributed by atoms with Crippen LogP contribution in [0.25, 0.3) is 0 Å². The molecule has 5 heteroatoms. The van der Waals surface area contributed by atoms with Crippen molar-refractivity contribution in [2.24, 2.45) is 28.9 Å².